The third-order valence-corrected chi connectivity index (χ3v) is 7.91. The van der Waals surface area contributed by atoms with Crippen LogP contribution in [0.2, 0.25) is 0 Å². The summed E-state index contributed by atoms with van der Waals surface area (Å²) in [5.41, 5.74) is 4.13. The van der Waals surface area contributed by atoms with Crippen LogP contribution in [0.3, 0.4) is 0 Å². The monoisotopic (exact) mass is 511 g/mol. The summed E-state index contributed by atoms with van der Waals surface area (Å²) >= 11 is 0. The van der Waals surface area contributed by atoms with Crippen molar-refractivity contribution in [2.75, 3.05) is 0 Å². The van der Waals surface area contributed by atoms with Crippen molar-refractivity contribution in [2.24, 2.45) is 14.1 Å². The number of hydrogen-bond acceptors (Lipinski definition) is 5. The molecule has 0 amide bonds. The minimum atomic E-state index is -0.413. The lowest BCUT2D eigenvalue weighted by atomic mass is 9.89. The molecular weight excluding hydrogens is 474 g/mol. The maximum absolute atomic E-state index is 7.04. The van der Waals surface area contributed by atoms with Crippen LogP contribution < -0.4 is 9.47 Å². The van der Waals surface area contributed by atoms with Gasteiger partial charge in [-0.2, -0.15) is 10.2 Å². The first-order chi connectivity index (χ1) is 18.6. The molecule has 2 aromatic carbocycles. The van der Waals surface area contributed by atoms with Crippen LogP contribution in [0.15, 0.2) is 73.1 Å². The highest BCUT2D eigenvalue weighted by Gasteiger charge is 2.41. The van der Waals surface area contributed by atoms with E-state index < -0.39 is 5.72 Å². The van der Waals surface area contributed by atoms with Gasteiger partial charge in [-0.3, -0.25) is 14.3 Å². The maximum atomic E-state index is 7.04. The van der Waals surface area contributed by atoms with E-state index in [2.05, 4.69) is 65.6 Å². The number of aromatic nitrogens is 4. The van der Waals surface area contributed by atoms with Crippen LogP contribution >= 0.6 is 0 Å². The van der Waals surface area contributed by atoms with Gasteiger partial charge in [0, 0.05) is 52.4 Å². The second-order valence-corrected chi connectivity index (χ2v) is 10.8. The van der Waals surface area contributed by atoms with Crippen molar-refractivity contribution < 1.29 is 9.47 Å². The smallest absolute Gasteiger partial charge is 0.164 e. The summed E-state index contributed by atoms with van der Waals surface area (Å²) in [4.78, 5) is 2.46. The van der Waals surface area contributed by atoms with Crippen LogP contribution in [0, 0.1) is 0 Å². The Morgan fingerprint density at radius 3 is 2.21 bits per heavy atom. The first-order valence-corrected chi connectivity index (χ1v) is 13.8. The van der Waals surface area contributed by atoms with Crippen LogP contribution in [0.25, 0.3) is 0 Å². The number of rotatable bonds is 8. The average molecular weight is 512 g/mol. The highest BCUT2D eigenvalue weighted by molar-refractivity contribution is 5.42. The van der Waals surface area contributed by atoms with Crippen molar-refractivity contribution in [3.63, 3.8) is 0 Å². The van der Waals surface area contributed by atoms with Crippen molar-refractivity contribution in [3.8, 4) is 11.5 Å². The third kappa shape index (κ3) is 5.34. The molecule has 6 rings (SSSR count). The molecule has 198 valence electrons. The van der Waals surface area contributed by atoms with E-state index >= 15 is 0 Å². The second-order valence-electron chi connectivity index (χ2n) is 10.8. The Morgan fingerprint density at radius 1 is 0.895 bits per heavy atom. The Hall–Kier alpha value is -3.58. The zero-order chi connectivity index (χ0) is 26.0. The zero-order valence-corrected chi connectivity index (χ0v) is 22.4. The van der Waals surface area contributed by atoms with Gasteiger partial charge >= 0.3 is 0 Å². The molecule has 1 aliphatic heterocycles. The predicted molar refractivity (Wildman–Crippen MR) is 147 cm³/mol. The summed E-state index contributed by atoms with van der Waals surface area (Å²) in [6, 6.07) is 21.1. The first-order valence-electron chi connectivity index (χ1n) is 13.8. The van der Waals surface area contributed by atoms with Gasteiger partial charge < -0.3 is 9.47 Å². The van der Waals surface area contributed by atoms with E-state index in [1.54, 1.807) is 0 Å². The lowest BCUT2D eigenvalue weighted by molar-refractivity contribution is -0.121. The molecule has 1 unspecified atom stereocenters. The molecule has 1 atom stereocenters. The van der Waals surface area contributed by atoms with Crippen molar-refractivity contribution in [2.45, 2.75) is 69.9 Å². The lowest BCUT2D eigenvalue weighted by Crippen LogP contribution is -2.53. The molecule has 0 N–H and O–H groups in total. The lowest BCUT2D eigenvalue weighted by Gasteiger charge is -2.46. The second kappa shape index (κ2) is 10.7. The molecule has 1 fully saturated rings. The molecule has 1 saturated carbocycles. The predicted octanol–water partition coefficient (Wildman–Crippen LogP) is 5.96. The number of hydrogen-bond donors (Lipinski definition) is 0. The van der Waals surface area contributed by atoms with Gasteiger partial charge in [0.05, 0.1) is 11.4 Å². The molecule has 7 heteroatoms. The normalized spacial score (nSPS) is 18.7. The summed E-state index contributed by atoms with van der Waals surface area (Å²) in [6.07, 6.45) is 11.6. The van der Waals surface area contributed by atoms with Gasteiger partial charge in [-0.05, 0) is 67.1 Å². The third-order valence-electron chi connectivity index (χ3n) is 7.91. The van der Waals surface area contributed by atoms with Crippen LogP contribution in [-0.4, -0.2) is 30.2 Å². The Morgan fingerprint density at radius 2 is 1.58 bits per heavy atom. The number of benzene rings is 2. The van der Waals surface area contributed by atoms with Crippen molar-refractivity contribution >= 4 is 0 Å². The maximum Gasteiger partial charge on any atom is 0.164 e. The summed E-state index contributed by atoms with van der Waals surface area (Å²) < 4.78 is 17.2. The fraction of sp³-hybridized carbons (Fsp3) is 0.419. The molecule has 3 heterocycles. The van der Waals surface area contributed by atoms with Gasteiger partial charge in [-0.25, -0.2) is 0 Å². The number of fused-ring (bicyclic) bond motifs is 1. The van der Waals surface area contributed by atoms with E-state index in [-0.39, 0.29) is 6.10 Å². The average Bonchev–Trinajstić information content (AvgIpc) is 3.56. The van der Waals surface area contributed by atoms with Gasteiger partial charge in [0.25, 0.3) is 0 Å². The van der Waals surface area contributed by atoms with Gasteiger partial charge in [0.1, 0.15) is 17.6 Å². The molecule has 7 nitrogen and oxygen atoms in total. The van der Waals surface area contributed by atoms with Gasteiger partial charge in [0.15, 0.2) is 5.72 Å². The summed E-state index contributed by atoms with van der Waals surface area (Å²) in [5, 5.41) is 9.39. The van der Waals surface area contributed by atoms with Crippen molar-refractivity contribution in [1.29, 1.82) is 0 Å². The Labute approximate surface area is 225 Å². The van der Waals surface area contributed by atoms with Crippen LogP contribution in [0.4, 0.5) is 0 Å². The SMILES string of the molecule is Cn1ccc(CN(Cc2ccn(C)n2)C2(Oc3ccc4c(c3)CCC(c3ccccc3)O4)CCCCC2)n1. The van der Waals surface area contributed by atoms with E-state index in [1.807, 2.05) is 35.9 Å². The Balaban J connectivity index is 1.27. The summed E-state index contributed by atoms with van der Waals surface area (Å²) in [7, 11) is 3.94. The van der Waals surface area contributed by atoms with Crippen molar-refractivity contribution in [1.82, 2.24) is 24.5 Å². The van der Waals surface area contributed by atoms with E-state index in [4.69, 9.17) is 19.7 Å². The highest BCUT2D eigenvalue weighted by atomic mass is 16.5. The summed E-state index contributed by atoms with van der Waals surface area (Å²) in [5.74, 6) is 1.88. The van der Waals surface area contributed by atoms with E-state index in [0.717, 1.165) is 61.4 Å². The molecule has 0 bridgehead atoms. The molecule has 0 radical (unpaired) electrons. The molecule has 4 aromatic rings. The highest BCUT2D eigenvalue weighted by Crippen LogP contribution is 2.41. The number of nitrogens with zero attached hydrogens (tertiary/aromatic N) is 5. The van der Waals surface area contributed by atoms with Crippen molar-refractivity contribution in [3.05, 3.63) is 95.6 Å². The van der Waals surface area contributed by atoms with Gasteiger partial charge in [-0.1, -0.05) is 36.8 Å². The van der Waals surface area contributed by atoms with E-state index in [1.165, 1.54) is 17.5 Å². The fourth-order valence-corrected chi connectivity index (χ4v) is 5.97. The molecule has 0 saturated heterocycles. The minimum absolute atomic E-state index is 0.104. The van der Waals surface area contributed by atoms with E-state index in [9.17, 15) is 0 Å². The molecular formula is C31H37N5O2. The van der Waals surface area contributed by atoms with Crippen LogP contribution in [0.1, 0.15) is 67.1 Å². The standard InChI is InChI=1S/C31H37N5O2/c1-34-19-15-26(32-34)22-36(23-27-16-20-35(2)33-27)31(17-7-4-8-18-31)38-28-12-14-30-25(21-28)11-13-29(37-30)24-9-5-3-6-10-24/h3,5-6,9-10,12,14-16,19-21,29H,4,7-8,11,13,17-18,22-23H2,1-2H3. The fourth-order valence-electron chi connectivity index (χ4n) is 5.97. The molecule has 2 aromatic heterocycles. The quantitative estimate of drug-likeness (QED) is 0.273. The van der Waals surface area contributed by atoms with Gasteiger partial charge in [0.2, 0.25) is 0 Å². The summed E-state index contributed by atoms with van der Waals surface area (Å²) in [6.45, 7) is 1.43. The Kier molecular flexibility index (Phi) is 6.94. The van der Waals surface area contributed by atoms with Crippen LogP contribution in [0.5, 0.6) is 11.5 Å². The number of ether oxygens (including phenoxy) is 2. The van der Waals surface area contributed by atoms with Gasteiger partial charge in [-0.15, -0.1) is 0 Å². The Bertz CT molecular complexity index is 1310. The molecule has 1 aliphatic carbocycles. The molecule has 38 heavy (non-hydrogen) atoms. The minimum Gasteiger partial charge on any atom is -0.485 e. The topological polar surface area (TPSA) is 57.3 Å². The van der Waals surface area contributed by atoms with E-state index in [0.29, 0.717) is 13.1 Å². The zero-order valence-electron chi connectivity index (χ0n) is 22.4. The number of aryl methyl sites for hydroxylation is 3. The molecule has 2 aliphatic rings. The van der Waals surface area contributed by atoms with Crippen LogP contribution in [-0.2, 0) is 33.6 Å². The largest absolute Gasteiger partial charge is 0.485 e. The first kappa shape index (κ1) is 24.7. The molecule has 0 spiro atoms.